The SMILES string of the molecule is Cc1c(Cl)cccc1N1C(=O)NC(=O)/C(=C\c2ccc(OCc3ccc([N+](=O)[O-])cc3)cc2)C1=O. The van der Waals surface area contributed by atoms with Gasteiger partial charge in [0, 0.05) is 17.2 Å². The summed E-state index contributed by atoms with van der Waals surface area (Å²) in [6.45, 7) is 1.88. The van der Waals surface area contributed by atoms with Gasteiger partial charge in [0.25, 0.3) is 17.5 Å². The Balaban J connectivity index is 1.50. The van der Waals surface area contributed by atoms with E-state index in [0.29, 0.717) is 21.9 Å². The predicted octanol–water partition coefficient (Wildman–Crippen LogP) is 4.80. The summed E-state index contributed by atoms with van der Waals surface area (Å²) in [6.07, 6.45) is 1.39. The lowest BCUT2D eigenvalue weighted by Crippen LogP contribution is -2.54. The molecule has 0 spiro atoms. The minimum Gasteiger partial charge on any atom is -0.489 e. The Morgan fingerprint density at radius 1 is 1.03 bits per heavy atom. The van der Waals surface area contributed by atoms with Gasteiger partial charge in [0.15, 0.2) is 0 Å². The van der Waals surface area contributed by atoms with E-state index in [4.69, 9.17) is 16.3 Å². The molecule has 3 aromatic rings. The average Bonchev–Trinajstić information content (AvgIpc) is 2.84. The summed E-state index contributed by atoms with van der Waals surface area (Å²) >= 11 is 6.13. The Morgan fingerprint density at radius 2 is 1.71 bits per heavy atom. The fourth-order valence-electron chi connectivity index (χ4n) is 3.42. The van der Waals surface area contributed by atoms with Gasteiger partial charge >= 0.3 is 6.03 Å². The Hall–Kier alpha value is -4.50. The number of nitrogens with zero attached hydrogens (tertiary/aromatic N) is 2. The Kier molecular flexibility index (Phi) is 6.61. The van der Waals surface area contributed by atoms with E-state index in [2.05, 4.69) is 5.32 Å². The molecule has 0 unspecified atom stereocenters. The number of halogens is 1. The van der Waals surface area contributed by atoms with Gasteiger partial charge in [-0.15, -0.1) is 0 Å². The zero-order valence-electron chi connectivity index (χ0n) is 18.4. The van der Waals surface area contributed by atoms with Gasteiger partial charge in [-0.05, 0) is 66.1 Å². The van der Waals surface area contributed by atoms with Crippen LogP contribution in [0.25, 0.3) is 6.08 Å². The van der Waals surface area contributed by atoms with E-state index < -0.39 is 22.8 Å². The molecule has 1 N–H and O–H groups in total. The molecule has 4 amide bonds. The van der Waals surface area contributed by atoms with Crippen LogP contribution >= 0.6 is 11.6 Å². The van der Waals surface area contributed by atoms with Crippen LogP contribution in [-0.4, -0.2) is 22.8 Å². The average molecular weight is 492 g/mol. The molecule has 35 heavy (non-hydrogen) atoms. The molecule has 0 radical (unpaired) electrons. The van der Waals surface area contributed by atoms with Gasteiger partial charge in [0.05, 0.1) is 10.6 Å². The predicted molar refractivity (Wildman–Crippen MR) is 129 cm³/mol. The number of hydrogen-bond acceptors (Lipinski definition) is 6. The monoisotopic (exact) mass is 491 g/mol. The molecule has 1 aliphatic heterocycles. The highest BCUT2D eigenvalue weighted by Gasteiger charge is 2.37. The zero-order chi connectivity index (χ0) is 25.1. The molecule has 176 valence electrons. The van der Waals surface area contributed by atoms with Gasteiger partial charge in [-0.2, -0.15) is 0 Å². The maximum atomic E-state index is 13.1. The summed E-state index contributed by atoms with van der Waals surface area (Å²) < 4.78 is 5.69. The number of rotatable bonds is 6. The van der Waals surface area contributed by atoms with Crippen molar-refractivity contribution < 1.29 is 24.0 Å². The molecule has 0 aromatic heterocycles. The van der Waals surface area contributed by atoms with Crippen LogP contribution in [0.15, 0.2) is 72.3 Å². The largest absolute Gasteiger partial charge is 0.489 e. The number of imide groups is 2. The molecule has 10 heteroatoms. The van der Waals surface area contributed by atoms with E-state index in [1.165, 1.54) is 18.2 Å². The van der Waals surface area contributed by atoms with Crippen molar-refractivity contribution in [3.8, 4) is 5.75 Å². The molecule has 9 nitrogen and oxygen atoms in total. The Bertz CT molecular complexity index is 1370. The number of carbonyl (C=O) groups is 3. The first-order valence-electron chi connectivity index (χ1n) is 10.4. The minimum atomic E-state index is -0.850. The molecular weight excluding hydrogens is 474 g/mol. The molecule has 1 fully saturated rings. The first-order chi connectivity index (χ1) is 16.7. The molecule has 1 heterocycles. The third kappa shape index (κ3) is 5.04. The second-order valence-corrected chi connectivity index (χ2v) is 8.03. The van der Waals surface area contributed by atoms with Gasteiger partial charge < -0.3 is 4.74 Å². The van der Waals surface area contributed by atoms with Crippen molar-refractivity contribution in [2.75, 3.05) is 4.90 Å². The second kappa shape index (κ2) is 9.78. The molecule has 3 aromatic carbocycles. The van der Waals surface area contributed by atoms with E-state index in [0.717, 1.165) is 10.5 Å². The van der Waals surface area contributed by atoms with Crippen molar-refractivity contribution >= 4 is 46.9 Å². The topological polar surface area (TPSA) is 119 Å². The lowest BCUT2D eigenvalue weighted by Gasteiger charge is -2.27. The number of nitro benzene ring substituents is 1. The number of amides is 4. The van der Waals surface area contributed by atoms with Crippen LogP contribution in [0.5, 0.6) is 5.75 Å². The van der Waals surface area contributed by atoms with Gasteiger partial charge in [-0.25, -0.2) is 9.69 Å². The summed E-state index contributed by atoms with van der Waals surface area (Å²) in [5.74, 6) is -1.03. The third-order valence-corrected chi connectivity index (χ3v) is 5.73. The van der Waals surface area contributed by atoms with Crippen molar-refractivity contribution in [1.82, 2.24) is 5.32 Å². The molecule has 0 aliphatic carbocycles. The number of barbiturate groups is 1. The van der Waals surface area contributed by atoms with Crippen molar-refractivity contribution in [2.45, 2.75) is 13.5 Å². The highest BCUT2D eigenvalue weighted by atomic mass is 35.5. The fourth-order valence-corrected chi connectivity index (χ4v) is 3.59. The van der Waals surface area contributed by atoms with Gasteiger partial charge in [-0.3, -0.25) is 25.0 Å². The lowest BCUT2D eigenvalue weighted by atomic mass is 10.1. The van der Waals surface area contributed by atoms with Crippen LogP contribution in [-0.2, 0) is 16.2 Å². The number of urea groups is 1. The standard InChI is InChI=1S/C25H18ClN3O6/c1-15-21(26)3-2-4-22(15)28-24(31)20(23(30)27-25(28)32)13-16-7-11-19(12-8-16)35-14-17-5-9-18(10-6-17)29(33)34/h2-13H,14H2,1H3,(H,27,30,32)/b20-13+. The number of nitro groups is 1. The fraction of sp³-hybridized carbons (Fsp3) is 0.0800. The number of non-ortho nitro benzene ring substituents is 1. The summed E-state index contributed by atoms with van der Waals surface area (Å²) in [4.78, 5) is 49.0. The van der Waals surface area contributed by atoms with Crippen molar-refractivity contribution in [2.24, 2.45) is 0 Å². The van der Waals surface area contributed by atoms with Gasteiger partial charge in [0.2, 0.25) is 0 Å². The van der Waals surface area contributed by atoms with Crippen LogP contribution in [0.4, 0.5) is 16.2 Å². The van der Waals surface area contributed by atoms with E-state index in [9.17, 15) is 24.5 Å². The van der Waals surface area contributed by atoms with Crippen molar-refractivity contribution in [1.29, 1.82) is 0 Å². The smallest absolute Gasteiger partial charge is 0.335 e. The summed E-state index contributed by atoms with van der Waals surface area (Å²) in [5, 5.41) is 13.3. The van der Waals surface area contributed by atoms with Gasteiger partial charge in [-0.1, -0.05) is 29.8 Å². The van der Waals surface area contributed by atoms with E-state index in [-0.39, 0.29) is 23.6 Å². The zero-order valence-corrected chi connectivity index (χ0v) is 19.1. The van der Waals surface area contributed by atoms with Crippen LogP contribution in [0.3, 0.4) is 0 Å². The van der Waals surface area contributed by atoms with Crippen molar-refractivity contribution in [3.05, 3.63) is 104 Å². The highest BCUT2D eigenvalue weighted by molar-refractivity contribution is 6.39. The third-order valence-electron chi connectivity index (χ3n) is 5.33. The number of anilines is 1. The molecule has 1 saturated heterocycles. The highest BCUT2D eigenvalue weighted by Crippen LogP contribution is 2.29. The van der Waals surface area contributed by atoms with E-state index in [1.54, 1.807) is 61.5 Å². The molecule has 0 saturated carbocycles. The van der Waals surface area contributed by atoms with E-state index in [1.807, 2.05) is 0 Å². The van der Waals surface area contributed by atoms with Crippen LogP contribution in [0, 0.1) is 17.0 Å². The Morgan fingerprint density at radius 3 is 2.37 bits per heavy atom. The summed E-state index contributed by atoms with van der Waals surface area (Å²) in [6, 6.07) is 16.6. The quantitative estimate of drug-likeness (QED) is 0.229. The summed E-state index contributed by atoms with van der Waals surface area (Å²) in [7, 11) is 0. The van der Waals surface area contributed by atoms with Gasteiger partial charge in [0.1, 0.15) is 17.9 Å². The number of benzene rings is 3. The van der Waals surface area contributed by atoms with Crippen LogP contribution in [0.1, 0.15) is 16.7 Å². The Labute approximate surface area is 204 Å². The number of hydrogen-bond donors (Lipinski definition) is 1. The van der Waals surface area contributed by atoms with Crippen LogP contribution in [0.2, 0.25) is 5.02 Å². The molecule has 0 atom stereocenters. The maximum Gasteiger partial charge on any atom is 0.335 e. The second-order valence-electron chi connectivity index (χ2n) is 7.62. The number of nitrogens with one attached hydrogen (secondary N) is 1. The molecule has 0 bridgehead atoms. The molecule has 1 aliphatic rings. The summed E-state index contributed by atoms with van der Waals surface area (Å²) in [5.41, 5.74) is 1.91. The number of carbonyl (C=O) groups excluding carboxylic acids is 3. The van der Waals surface area contributed by atoms with Crippen molar-refractivity contribution in [3.63, 3.8) is 0 Å². The minimum absolute atomic E-state index is 0.00164. The number of ether oxygens (including phenoxy) is 1. The van der Waals surface area contributed by atoms with E-state index >= 15 is 0 Å². The normalized spacial score (nSPS) is 14.7. The molecule has 4 rings (SSSR count). The lowest BCUT2D eigenvalue weighted by molar-refractivity contribution is -0.384. The first kappa shape index (κ1) is 23.7. The molecular formula is C25H18ClN3O6. The maximum absolute atomic E-state index is 13.1. The van der Waals surface area contributed by atoms with Crippen LogP contribution < -0.4 is 15.0 Å². The first-order valence-corrected chi connectivity index (χ1v) is 10.7.